The maximum Gasteiger partial charge on any atom is 0.203 e. The highest BCUT2D eigenvalue weighted by molar-refractivity contribution is 6.32. The fourth-order valence-corrected chi connectivity index (χ4v) is 2.11. The summed E-state index contributed by atoms with van der Waals surface area (Å²) >= 11 is 6.10. The molecule has 17 heavy (non-hydrogen) atoms. The summed E-state index contributed by atoms with van der Waals surface area (Å²) in [7, 11) is 2.89. The lowest BCUT2D eigenvalue weighted by molar-refractivity contribution is 0.214. The number of aliphatic hydroxyl groups excluding tert-OH is 1. The molecule has 0 aromatic heterocycles. The van der Waals surface area contributed by atoms with E-state index in [4.69, 9.17) is 21.1 Å². The van der Waals surface area contributed by atoms with E-state index in [2.05, 4.69) is 0 Å². The van der Waals surface area contributed by atoms with E-state index in [1.807, 2.05) is 0 Å². The molecule has 1 aromatic carbocycles. The molecule has 1 aromatic rings. The van der Waals surface area contributed by atoms with E-state index in [-0.39, 0.29) is 18.1 Å². The van der Waals surface area contributed by atoms with Gasteiger partial charge in [-0.2, -0.15) is 0 Å². The van der Waals surface area contributed by atoms with Gasteiger partial charge in [-0.05, 0) is 0 Å². The first kappa shape index (κ1) is 13.9. The zero-order valence-corrected chi connectivity index (χ0v) is 11.1. The summed E-state index contributed by atoms with van der Waals surface area (Å²) in [5, 5.41) is 19.8. The van der Waals surface area contributed by atoms with Crippen LogP contribution in [0.15, 0.2) is 6.07 Å². The lowest BCUT2D eigenvalue weighted by Gasteiger charge is -2.26. The molecule has 4 nitrogen and oxygen atoms in total. The Hall–Kier alpha value is -1.13. The Labute approximate surface area is 106 Å². The number of phenols is 1. The largest absolute Gasteiger partial charge is 0.504 e. The van der Waals surface area contributed by atoms with Crippen molar-refractivity contribution in [2.24, 2.45) is 0 Å². The molecule has 0 fully saturated rings. The van der Waals surface area contributed by atoms with Crippen LogP contribution in [0.3, 0.4) is 0 Å². The number of hydrogen-bond donors (Lipinski definition) is 2. The van der Waals surface area contributed by atoms with Gasteiger partial charge < -0.3 is 19.7 Å². The molecule has 96 valence electrons. The van der Waals surface area contributed by atoms with Crippen molar-refractivity contribution in [3.05, 3.63) is 16.7 Å². The van der Waals surface area contributed by atoms with Gasteiger partial charge in [-0.25, -0.2) is 0 Å². The normalized spacial score (nSPS) is 11.4. The van der Waals surface area contributed by atoms with Crippen molar-refractivity contribution in [1.29, 1.82) is 0 Å². The molecule has 5 heteroatoms. The molecule has 0 bridgehead atoms. The van der Waals surface area contributed by atoms with Crippen molar-refractivity contribution in [2.45, 2.75) is 19.3 Å². The number of benzene rings is 1. The van der Waals surface area contributed by atoms with Crippen LogP contribution in [0.4, 0.5) is 0 Å². The molecule has 0 atom stereocenters. The molecule has 0 aliphatic rings. The van der Waals surface area contributed by atoms with Gasteiger partial charge in [-0.15, -0.1) is 0 Å². The van der Waals surface area contributed by atoms with E-state index >= 15 is 0 Å². The average Bonchev–Trinajstić information content (AvgIpc) is 2.27. The molecule has 0 radical (unpaired) electrons. The van der Waals surface area contributed by atoms with Crippen molar-refractivity contribution < 1.29 is 19.7 Å². The zero-order valence-electron chi connectivity index (χ0n) is 10.4. The fraction of sp³-hybridized carbons (Fsp3) is 0.500. The van der Waals surface area contributed by atoms with E-state index < -0.39 is 5.41 Å². The Morgan fingerprint density at radius 2 is 1.88 bits per heavy atom. The Bertz CT molecular complexity index is 415. The second-order valence-electron chi connectivity index (χ2n) is 4.36. The summed E-state index contributed by atoms with van der Waals surface area (Å²) in [5.41, 5.74) is -0.222. The smallest absolute Gasteiger partial charge is 0.203 e. The number of aliphatic hydroxyl groups is 1. The van der Waals surface area contributed by atoms with Crippen LogP contribution in [0, 0.1) is 0 Å². The van der Waals surface area contributed by atoms with Gasteiger partial charge >= 0.3 is 0 Å². The van der Waals surface area contributed by atoms with E-state index in [0.29, 0.717) is 16.3 Å². The Kier molecular flexibility index (Phi) is 4.11. The topological polar surface area (TPSA) is 58.9 Å². The highest BCUT2D eigenvalue weighted by Gasteiger charge is 2.30. The lowest BCUT2D eigenvalue weighted by atomic mass is 9.84. The van der Waals surface area contributed by atoms with Crippen molar-refractivity contribution in [2.75, 3.05) is 20.8 Å². The van der Waals surface area contributed by atoms with Crippen LogP contribution in [0.2, 0.25) is 5.02 Å². The van der Waals surface area contributed by atoms with Crippen molar-refractivity contribution in [3.63, 3.8) is 0 Å². The van der Waals surface area contributed by atoms with E-state index in [9.17, 15) is 10.2 Å². The minimum absolute atomic E-state index is 0.101. The fourth-order valence-electron chi connectivity index (χ4n) is 1.67. The monoisotopic (exact) mass is 260 g/mol. The van der Waals surface area contributed by atoms with Crippen LogP contribution in [0.5, 0.6) is 17.2 Å². The Morgan fingerprint density at radius 1 is 1.29 bits per heavy atom. The maximum absolute atomic E-state index is 10.1. The Balaban J connectivity index is 3.53. The second kappa shape index (κ2) is 5.02. The summed E-state index contributed by atoms with van der Waals surface area (Å²) in [6.07, 6.45) is 0. The third-order valence-electron chi connectivity index (χ3n) is 2.67. The summed E-state index contributed by atoms with van der Waals surface area (Å²) < 4.78 is 10.2. The minimum Gasteiger partial charge on any atom is -0.504 e. The first-order valence-electron chi connectivity index (χ1n) is 5.13. The molecule has 0 spiro atoms. The van der Waals surface area contributed by atoms with Gasteiger partial charge in [0, 0.05) is 17.0 Å². The highest BCUT2D eigenvalue weighted by atomic mass is 35.5. The number of aromatic hydroxyl groups is 1. The number of rotatable bonds is 4. The van der Waals surface area contributed by atoms with Crippen LogP contribution < -0.4 is 9.47 Å². The number of methoxy groups -OCH3 is 2. The van der Waals surface area contributed by atoms with Gasteiger partial charge in [0.05, 0.1) is 25.8 Å². The van der Waals surface area contributed by atoms with Crippen LogP contribution in [-0.4, -0.2) is 31.0 Å². The van der Waals surface area contributed by atoms with Crippen molar-refractivity contribution in [3.8, 4) is 17.2 Å². The molecule has 0 aliphatic heterocycles. The summed E-state index contributed by atoms with van der Waals surface area (Å²) in [6, 6.07) is 1.56. The van der Waals surface area contributed by atoms with Crippen LogP contribution in [-0.2, 0) is 5.41 Å². The lowest BCUT2D eigenvalue weighted by Crippen LogP contribution is -2.23. The maximum atomic E-state index is 10.1. The third kappa shape index (κ3) is 2.42. The van der Waals surface area contributed by atoms with Gasteiger partial charge in [0.25, 0.3) is 0 Å². The van der Waals surface area contributed by atoms with Crippen molar-refractivity contribution >= 4 is 11.6 Å². The van der Waals surface area contributed by atoms with Gasteiger partial charge in [0.1, 0.15) is 0 Å². The van der Waals surface area contributed by atoms with E-state index in [1.165, 1.54) is 14.2 Å². The first-order chi connectivity index (χ1) is 7.88. The minimum atomic E-state index is -0.666. The second-order valence-corrected chi connectivity index (χ2v) is 4.77. The molecule has 0 heterocycles. The predicted molar refractivity (Wildman–Crippen MR) is 66.3 cm³/mol. The van der Waals surface area contributed by atoms with Crippen LogP contribution >= 0.6 is 11.6 Å². The molecular weight excluding hydrogens is 244 g/mol. The Morgan fingerprint density at radius 3 is 2.29 bits per heavy atom. The number of halogens is 1. The molecule has 0 aliphatic carbocycles. The van der Waals surface area contributed by atoms with Gasteiger partial charge in [-0.1, -0.05) is 25.4 Å². The van der Waals surface area contributed by atoms with Gasteiger partial charge in [0.15, 0.2) is 11.5 Å². The molecule has 2 N–H and O–H groups in total. The van der Waals surface area contributed by atoms with E-state index in [0.717, 1.165) is 0 Å². The quantitative estimate of drug-likeness (QED) is 0.872. The van der Waals surface area contributed by atoms with Crippen molar-refractivity contribution in [1.82, 2.24) is 0 Å². The van der Waals surface area contributed by atoms with E-state index in [1.54, 1.807) is 19.9 Å². The SMILES string of the molecule is COc1cc(Cl)c(C(C)(C)CO)c(O)c1OC. The summed E-state index contributed by atoms with van der Waals surface area (Å²) in [5.74, 6) is 0.469. The highest BCUT2D eigenvalue weighted by Crippen LogP contribution is 2.47. The number of ether oxygens (including phenoxy) is 2. The standard InChI is InChI=1S/C12H17ClO4/c1-12(2,6-14)9-7(13)5-8(16-3)11(17-4)10(9)15/h5,14-15H,6H2,1-4H3. The van der Waals surface area contributed by atoms with Gasteiger partial charge in [-0.3, -0.25) is 0 Å². The average molecular weight is 261 g/mol. The first-order valence-corrected chi connectivity index (χ1v) is 5.51. The molecule has 0 saturated heterocycles. The number of phenolic OH excluding ortho intramolecular Hbond substituents is 1. The predicted octanol–water partition coefficient (Wildman–Crippen LogP) is 2.33. The summed E-state index contributed by atoms with van der Waals surface area (Å²) in [4.78, 5) is 0. The van der Waals surface area contributed by atoms with Crippen LogP contribution in [0.25, 0.3) is 0 Å². The zero-order chi connectivity index (χ0) is 13.2. The number of hydrogen-bond acceptors (Lipinski definition) is 4. The molecule has 1 rings (SSSR count). The third-order valence-corrected chi connectivity index (χ3v) is 2.97. The molecule has 0 saturated carbocycles. The molecule has 0 amide bonds. The molecular formula is C12H17ClO4. The van der Waals surface area contributed by atoms with Gasteiger partial charge in [0.2, 0.25) is 5.75 Å². The van der Waals surface area contributed by atoms with Crippen LogP contribution in [0.1, 0.15) is 19.4 Å². The summed E-state index contributed by atoms with van der Waals surface area (Å²) in [6.45, 7) is 3.41. The molecule has 0 unspecified atom stereocenters.